The van der Waals surface area contributed by atoms with Crippen LogP contribution in [0.4, 0.5) is 5.69 Å². The van der Waals surface area contributed by atoms with Gasteiger partial charge in [-0.15, -0.1) is 0 Å². The molecule has 0 saturated carbocycles. The molecule has 0 amide bonds. The number of hydrogen-bond acceptors (Lipinski definition) is 3. The van der Waals surface area contributed by atoms with Gasteiger partial charge >= 0.3 is 0 Å². The van der Waals surface area contributed by atoms with Gasteiger partial charge in [-0.05, 0) is 18.6 Å². The molecule has 1 N–H and O–H groups in total. The number of fused-ring (bicyclic) bond motifs is 1. The molecule has 0 unspecified atom stereocenters. The van der Waals surface area contributed by atoms with Crippen molar-refractivity contribution in [3.05, 3.63) is 31.1 Å². The fourth-order valence-corrected chi connectivity index (χ4v) is 2.41. The zero-order chi connectivity index (χ0) is 13.3. The van der Waals surface area contributed by atoms with Gasteiger partial charge in [0.25, 0.3) is 0 Å². The third kappa shape index (κ3) is 2.48. The maximum absolute atomic E-state index is 11.3. The highest BCUT2D eigenvalue weighted by Gasteiger charge is 2.12. The van der Waals surface area contributed by atoms with E-state index in [4.69, 9.17) is 7.05 Å². The van der Waals surface area contributed by atoms with Gasteiger partial charge in [-0.25, -0.2) is 13.4 Å². The van der Waals surface area contributed by atoms with Gasteiger partial charge in [0, 0.05) is 6.42 Å². The van der Waals surface area contributed by atoms with Crippen LogP contribution >= 0.6 is 0 Å². The van der Waals surface area contributed by atoms with Crippen molar-refractivity contribution in [3.63, 3.8) is 0 Å². The molecule has 0 aliphatic carbocycles. The minimum Gasteiger partial charge on any atom is -0.320 e. The van der Waals surface area contributed by atoms with E-state index in [2.05, 4.69) is 9.71 Å². The van der Waals surface area contributed by atoms with E-state index >= 15 is 0 Å². The first-order valence-corrected chi connectivity index (χ1v) is 7.54. The summed E-state index contributed by atoms with van der Waals surface area (Å²) in [6, 6.07) is 5.23. The van der Waals surface area contributed by atoms with Crippen molar-refractivity contribution in [2.75, 3.05) is 11.0 Å². The number of sulfonamides is 1. The predicted octanol–water partition coefficient (Wildman–Crippen LogP) is 1.88. The van der Waals surface area contributed by atoms with Crippen molar-refractivity contribution in [2.45, 2.75) is 19.8 Å². The van der Waals surface area contributed by atoms with Gasteiger partial charge < -0.3 is 4.57 Å². The number of nitrogens with one attached hydrogen (secondary N) is 1. The highest BCUT2D eigenvalue weighted by Crippen LogP contribution is 2.24. The number of imidazole rings is 1. The molecule has 0 aliphatic heterocycles. The summed E-state index contributed by atoms with van der Waals surface area (Å²) in [6.07, 6.45) is 2.79. The summed E-state index contributed by atoms with van der Waals surface area (Å²) in [7, 11) is 2.61. The molecule has 0 fully saturated rings. The molecule has 2 rings (SSSR count). The van der Waals surface area contributed by atoms with Gasteiger partial charge in [0.15, 0.2) is 0 Å². The van der Waals surface area contributed by atoms with Crippen molar-refractivity contribution in [1.29, 1.82) is 0 Å². The molecule has 2 radical (unpaired) electrons. The Labute approximate surface area is 107 Å². The number of benzene rings is 1. The van der Waals surface area contributed by atoms with E-state index in [1.54, 1.807) is 12.1 Å². The summed E-state index contributed by atoms with van der Waals surface area (Å²) in [5.74, 6) is 0.746. The maximum Gasteiger partial charge on any atom is 0.229 e. The topological polar surface area (TPSA) is 64.0 Å². The molecule has 6 heteroatoms. The van der Waals surface area contributed by atoms with Crippen LogP contribution in [-0.2, 0) is 16.4 Å². The van der Waals surface area contributed by atoms with Crippen LogP contribution in [0.3, 0.4) is 0 Å². The van der Waals surface area contributed by atoms with Gasteiger partial charge in [-0.1, -0.05) is 13.0 Å². The zero-order valence-corrected chi connectivity index (χ0v) is 11.2. The van der Waals surface area contributed by atoms with E-state index in [0.717, 1.165) is 24.9 Å². The Hall–Kier alpha value is -1.56. The van der Waals surface area contributed by atoms with E-state index in [1.165, 1.54) is 4.57 Å². The molecule has 18 heavy (non-hydrogen) atoms. The van der Waals surface area contributed by atoms with Gasteiger partial charge in [0.05, 0.1) is 24.5 Å². The lowest BCUT2D eigenvalue weighted by Gasteiger charge is -2.04. The molecule has 0 aliphatic rings. The van der Waals surface area contributed by atoms with Crippen LogP contribution in [0, 0.1) is 7.05 Å². The predicted molar refractivity (Wildman–Crippen MR) is 71.9 cm³/mol. The summed E-state index contributed by atoms with van der Waals surface area (Å²) in [6.45, 7) is 2.04. The largest absolute Gasteiger partial charge is 0.320 e. The molecule has 0 spiro atoms. The second-order valence-corrected chi connectivity index (χ2v) is 5.94. The first kappa shape index (κ1) is 12.9. The number of aromatic nitrogens is 2. The lowest BCUT2D eigenvalue weighted by molar-refractivity contribution is 0.607. The number of hydrogen-bond donors (Lipinski definition) is 1. The van der Waals surface area contributed by atoms with E-state index in [0.29, 0.717) is 16.7 Å². The molecule has 1 aromatic heterocycles. The minimum atomic E-state index is -3.32. The Morgan fingerprint density at radius 2 is 2.17 bits per heavy atom. The number of aryl methyl sites for hydroxylation is 1. The maximum atomic E-state index is 11.3. The Morgan fingerprint density at radius 3 is 2.78 bits per heavy atom. The number of anilines is 1. The Balaban J connectivity index is 2.59. The minimum absolute atomic E-state index is 0.455. The fourth-order valence-electron chi connectivity index (χ4n) is 1.85. The smallest absolute Gasteiger partial charge is 0.229 e. The third-order valence-electron chi connectivity index (χ3n) is 2.56. The average molecular weight is 265 g/mol. The zero-order valence-electron chi connectivity index (χ0n) is 10.3. The highest BCUT2D eigenvalue weighted by molar-refractivity contribution is 7.92. The SMILES string of the molecule is [CH]n1c(CCC)nc2c(NS(C)(=O)=O)cccc21. The lowest BCUT2D eigenvalue weighted by atomic mass is 10.3. The van der Waals surface area contributed by atoms with Crippen molar-refractivity contribution in [3.8, 4) is 0 Å². The summed E-state index contributed by atoms with van der Waals surface area (Å²) in [5.41, 5.74) is 1.75. The average Bonchev–Trinajstić information content (AvgIpc) is 2.57. The van der Waals surface area contributed by atoms with Gasteiger partial charge in [-0.3, -0.25) is 4.72 Å². The second kappa shape index (κ2) is 4.61. The molecule has 5 nitrogen and oxygen atoms in total. The van der Waals surface area contributed by atoms with E-state index in [9.17, 15) is 8.42 Å². The Morgan fingerprint density at radius 1 is 1.44 bits per heavy atom. The quantitative estimate of drug-likeness (QED) is 0.918. The highest BCUT2D eigenvalue weighted by atomic mass is 32.2. The third-order valence-corrected chi connectivity index (χ3v) is 3.15. The molecule has 1 aromatic carbocycles. The number of para-hydroxylation sites is 1. The second-order valence-electron chi connectivity index (χ2n) is 4.20. The normalized spacial score (nSPS) is 11.9. The molecular weight excluding hydrogens is 250 g/mol. The van der Waals surface area contributed by atoms with Crippen LogP contribution in [-0.4, -0.2) is 24.2 Å². The van der Waals surface area contributed by atoms with Crippen molar-refractivity contribution in [2.24, 2.45) is 0 Å². The van der Waals surface area contributed by atoms with Crippen molar-refractivity contribution >= 4 is 26.7 Å². The fraction of sp³-hybridized carbons (Fsp3) is 0.333. The molecule has 0 saturated heterocycles. The summed E-state index contributed by atoms with van der Waals surface area (Å²) in [4.78, 5) is 4.40. The molecule has 1 heterocycles. The van der Waals surface area contributed by atoms with Crippen LogP contribution in [0.5, 0.6) is 0 Å². The van der Waals surface area contributed by atoms with E-state index < -0.39 is 10.0 Å². The van der Waals surface area contributed by atoms with Crippen LogP contribution in [0.1, 0.15) is 19.2 Å². The van der Waals surface area contributed by atoms with Crippen LogP contribution in [0.2, 0.25) is 0 Å². The summed E-state index contributed by atoms with van der Waals surface area (Å²) in [5, 5.41) is 0. The number of rotatable bonds is 4. The lowest BCUT2D eigenvalue weighted by Crippen LogP contribution is -2.09. The van der Waals surface area contributed by atoms with E-state index in [-0.39, 0.29) is 0 Å². The molecule has 0 bridgehead atoms. The molecule has 96 valence electrons. The Kier molecular flexibility index (Phi) is 3.30. The van der Waals surface area contributed by atoms with E-state index in [1.807, 2.05) is 13.0 Å². The standard InChI is InChI=1S/C12H15N3O2S/c1-4-6-11-13-12-9(14-18(3,16)17)7-5-8-10(12)15(11)2/h2,5,7-8,14H,4,6H2,1,3H3. The van der Waals surface area contributed by atoms with Crippen molar-refractivity contribution in [1.82, 2.24) is 9.55 Å². The first-order chi connectivity index (χ1) is 8.42. The van der Waals surface area contributed by atoms with Crippen LogP contribution < -0.4 is 4.72 Å². The van der Waals surface area contributed by atoms with Gasteiger partial charge in [0.1, 0.15) is 11.3 Å². The molecule has 2 aromatic rings. The Bertz CT molecular complexity index is 674. The first-order valence-electron chi connectivity index (χ1n) is 5.65. The summed E-state index contributed by atoms with van der Waals surface area (Å²) < 4.78 is 26.5. The molecule has 0 atom stereocenters. The van der Waals surface area contributed by atoms with Crippen LogP contribution in [0.25, 0.3) is 11.0 Å². The van der Waals surface area contributed by atoms with Crippen molar-refractivity contribution < 1.29 is 8.42 Å². The molecular formula is C12H15N3O2S. The summed E-state index contributed by atoms with van der Waals surface area (Å²) >= 11 is 0. The van der Waals surface area contributed by atoms with Gasteiger partial charge in [0.2, 0.25) is 10.0 Å². The monoisotopic (exact) mass is 265 g/mol. The van der Waals surface area contributed by atoms with Gasteiger partial charge in [-0.2, -0.15) is 0 Å². The number of nitrogens with zero attached hydrogens (tertiary/aromatic N) is 2. The van der Waals surface area contributed by atoms with Crippen LogP contribution in [0.15, 0.2) is 18.2 Å².